The van der Waals surface area contributed by atoms with Crippen molar-refractivity contribution in [2.75, 3.05) is 0 Å². The third kappa shape index (κ3) is 2.94. The predicted molar refractivity (Wildman–Crippen MR) is 92.3 cm³/mol. The molecule has 0 amide bonds. The first-order chi connectivity index (χ1) is 11.4. The van der Waals surface area contributed by atoms with Crippen LogP contribution < -0.4 is 4.74 Å². The normalized spacial score (nSPS) is 10.8. The number of fused-ring (bicyclic) bond motifs is 1. The zero-order valence-electron chi connectivity index (χ0n) is 12.6. The first kappa shape index (κ1) is 13.6. The monoisotopic (exact) mass is 300 g/mol. The zero-order chi connectivity index (χ0) is 15.5. The molecule has 0 aliphatic rings. The lowest BCUT2D eigenvalue weighted by Crippen LogP contribution is -1.94. The molecule has 3 nitrogen and oxygen atoms in total. The van der Waals surface area contributed by atoms with Crippen molar-refractivity contribution in [3.63, 3.8) is 0 Å². The summed E-state index contributed by atoms with van der Waals surface area (Å²) in [6.07, 6.45) is 1.80. The molecule has 4 rings (SSSR count). The van der Waals surface area contributed by atoms with Gasteiger partial charge in [0.2, 0.25) is 0 Å². The Labute approximate surface area is 134 Å². The molecule has 2 aromatic carbocycles. The molecule has 0 aliphatic carbocycles. The lowest BCUT2D eigenvalue weighted by molar-refractivity contribution is 0.306. The fourth-order valence-corrected chi connectivity index (χ4v) is 2.60. The molecule has 0 unspecified atom stereocenters. The van der Waals surface area contributed by atoms with Crippen LogP contribution in [0.25, 0.3) is 22.3 Å². The van der Waals surface area contributed by atoms with Gasteiger partial charge >= 0.3 is 0 Å². The molecule has 4 aromatic rings. The van der Waals surface area contributed by atoms with E-state index in [-0.39, 0.29) is 0 Å². The van der Waals surface area contributed by atoms with Gasteiger partial charge in [-0.15, -0.1) is 0 Å². The van der Waals surface area contributed by atoms with Crippen molar-refractivity contribution in [1.82, 2.24) is 9.97 Å². The minimum atomic E-state index is 0.573. The largest absolute Gasteiger partial charge is 0.489 e. The standard InChI is InChI=1S/C20H16N2O/c1-2-6-15(7-3-1)14-23-17-9-10-18-16(12-17)13-20(22-18)19-8-4-5-11-21-19/h1-13,22H,14H2. The van der Waals surface area contributed by atoms with E-state index in [0.717, 1.165) is 33.6 Å². The highest BCUT2D eigenvalue weighted by Gasteiger charge is 2.05. The van der Waals surface area contributed by atoms with Gasteiger partial charge in [-0.25, -0.2) is 0 Å². The Hall–Kier alpha value is -3.07. The minimum absolute atomic E-state index is 0.573. The number of rotatable bonds is 4. The summed E-state index contributed by atoms with van der Waals surface area (Å²) in [6, 6.07) is 24.3. The van der Waals surface area contributed by atoms with Gasteiger partial charge in [-0.3, -0.25) is 4.98 Å². The fourth-order valence-electron chi connectivity index (χ4n) is 2.60. The van der Waals surface area contributed by atoms with Crippen LogP contribution in [0.15, 0.2) is 79.0 Å². The molecule has 2 aromatic heterocycles. The van der Waals surface area contributed by atoms with E-state index in [4.69, 9.17) is 4.74 Å². The molecule has 0 fully saturated rings. The Morgan fingerprint density at radius 3 is 2.57 bits per heavy atom. The van der Waals surface area contributed by atoms with E-state index < -0.39 is 0 Å². The van der Waals surface area contributed by atoms with Gasteiger partial charge in [0.1, 0.15) is 12.4 Å². The second kappa shape index (κ2) is 5.97. The Kier molecular flexibility index (Phi) is 3.53. The third-order valence-corrected chi connectivity index (χ3v) is 3.78. The van der Waals surface area contributed by atoms with Gasteiger partial charge in [0.15, 0.2) is 0 Å². The van der Waals surface area contributed by atoms with Crippen molar-refractivity contribution < 1.29 is 4.74 Å². The van der Waals surface area contributed by atoms with Crippen LogP contribution in [-0.2, 0) is 6.61 Å². The van der Waals surface area contributed by atoms with Crippen molar-refractivity contribution >= 4 is 10.9 Å². The van der Waals surface area contributed by atoms with Crippen LogP contribution in [0.5, 0.6) is 5.75 Å². The van der Waals surface area contributed by atoms with Crippen molar-refractivity contribution in [2.45, 2.75) is 6.61 Å². The SMILES string of the molecule is c1ccc(COc2ccc3[nH]c(-c4ccccn4)cc3c2)cc1. The van der Waals surface area contributed by atoms with Crippen LogP contribution in [0.4, 0.5) is 0 Å². The molecule has 1 N–H and O–H groups in total. The fraction of sp³-hybridized carbons (Fsp3) is 0.0500. The molecule has 0 spiro atoms. The molecule has 0 aliphatic heterocycles. The molecular formula is C20H16N2O. The van der Waals surface area contributed by atoms with Crippen LogP contribution in [0.3, 0.4) is 0 Å². The quantitative estimate of drug-likeness (QED) is 0.587. The summed E-state index contributed by atoms with van der Waals surface area (Å²) in [5, 5.41) is 1.12. The summed E-state index contributed by atoms with van der Waals surface area (Å²) >= 11 is 0. The van der Waals surface area contributed by atoms with E-state index in [1.807, 2.05) is 48.5 Å². The number of H-pyrrole nitrogens is 1. The first-order valence-electron chi connectivity index (χ1n) is 7.59. The summed E-state index contributed by atoms with van der Waals surface area (Å²) in [5.74, 6) is 0.868. The van der Waals surface area contributed by atoms with Gasteiger partial charge in [-0.2, -0.15) is 0 Å². The van der Waals surface area contributed by atoms with Gasteiger partial charge in [-0.05, 0) is 42.0 Å². The lowest BCUT2D eigenvalue weighted by atomic mass is 10.2. The highest BCUT2D eigenvalue weighted by molar-refractivity contribution is 5.86. The number of pyridine rings is 1. The van der Waals surface area contributed by atoms with E-state index in [2.05, 4.69) is 34.2 Å². The summed E-state index contributed by atoms with van der Waals surface area (Å²) < 4.78 is 5.89. The number of aromatic nitrogens is 2. The molecule has 0 atom stereocenters. The van der Waals surface area contributed by atoms with Gasteiger partial charge in [0.05, 0.1) is 11.4 Å². The van der Waals surface area contributed by atoms with Crippen LogP contribution in [0, 0.1) is 0 Å². The minimum Gasteiger partial charge on any atom is -0.489 e. The van der Waals surface area contributed by atoms with Crippen LogP contribution in [-0.4, -0.2) is 9.97 Å². The summed E-state index contributed by atoms with van der Waals surface area (Å²) in [6.45, 7) is 0.573. The molecule has 112 valence electrons. The van der Waals surface area contributed by atoms with Gasteiger partial charge in [0.25, 0.3) is 0 Å². The molecule has 0 bridgehead atoms. The molecular weight excluding hydrogens is 284 g/mol. The third-order valence-electron chi connectivity index (χ3n) is 3.78. The van der Waals surface area contributed by atoms with E-state index in [1.54, 1.807) is 6.20 Å². The predicted octanol–water partition coefficient (Wildman–Crippen LogP) is 4.81. The van der Waals surface area contributed by atoms with Gasteiger partial charge in [-0.1, -0.05) is 36.4 Å². The maximum Gasteiger partial charge on any atom is 0.120 e. The number of hydrogen-bond donors (Lipinski definition) is 1. The second-order valence-corrected chi connectivity index (χ2v) is 5.42. The van der Waals surface area contributed by atoms with Gasteiger partial charge in [0, 0.05) is 17.1 Å². The van der Waals surface area contributed by atoms with E-state index in [9.17, 15) is 0 Å². The van der Waals surface area contributed by atoms with E-state index in [1.165, 1.54) is 0 Å². The molecule has 0 saturated heterocycles. The average molecular weight is 300 g/mol. The summed E-state index contributed by atoms with van der Waals surface area (Å²) in [4.78, 5) is 7.77. The van der Waals surface area contributed by atoms with Crippen molar-refractivity contribution in [3.8, 4) is 17.1 Å². The summed E-state index contributed by atoms with van der Waals surface area (Å²) in [7, 11) is 0. The van der Waals surface area contributed by atoms with E-state index >= 15 is 0 Å². The Morgan fingerprint density at radius 1 is 0.870 bits per heavy atom. The first-order valence-corrected chi connectivity index (χ1v) is 7.59. The number of hydrogen-bond acceptors (Lipinski definition) is 2. The summed E-state index contributed by atoms with van der Waals surface area (Å²) in [5.41, 5.74) is 4.20. The van der Waals surface area contributed by atoms with Gasteiger partial charge < -0.3 is 9.72 Å². The number of nitrogens with one attached hydrogen (secondary N) is 1. The number of aromatic amines is 1. The maximum atomic E-state index is 5.89. The molecule has 0 saturated carbocycles. The number of benzene rings is 2. The van der Waals surface area contributed by atoms with Crippen LogP contribution in [0.2, 0.25) is 0 Å². The Morgan fingerprint density at radius 2 is 1.74 bits per heavy atom. The van der Waals surface area contributed by atoms with Crippen molar-refractivity contribution in [1.29, 1.82) is 0 Å². The molecule has 23 heavy (non-hydrogen) atoms. The molecule has 3 heteroatoms. The van der Waals surface area contributed by atoms with Crippen molar-refractivity contribution in [3.05, 3.63) is 84.6 Å². The Bertz CT molecular complexity index is 914. The molecule has 2 heterocycles. The Balaban J connectivity index is 1.58. The van der Waals surface area contributed by atoms with E-state index in [0.29, 0.717) is 6.61 Å². The lowest BCUT2D eigenvalue weighted by Gasteiger charge is -2.06. The highest BCUT2D eigenvalue weighted by Crippen LogP contribution is 2.26. The average Bonchev–Trinajstić information content (AvgIpc) is 3.05. The smallest absolute Gasteiger partial charge is 0.120 e. The molecule has 0 radical (unpaired) electrons. The van der Waals surface area contributed by atoms with Crippen LogP contribution in [0.1, 0.15) is 5.56 Å². The zero-order valence-corrected chi connectivity index (χ0v) is 12.6. The topological polar surface area (TPSA) is 37.9 Å². The number of ether oxygens (including phenoxy) is 1. The number of nitrogens with zero attached hydrogens (tertiary/aromatic N) is 1. The van der Waals surface area contributed by atoms with Crippen LogP contribution >= 0.6 is 0 Å². The maximum absolute atomic E-state index is 5.89. The highest BCUT2D eigenvalue weighted by atomic mass is 16.5. The second-order valence-electron chi connectivity index (χ2n) is 5.42. The van der Waals surface area contributed by atoms with Crippen molar-refractivity contribution in [2.24, 2.45) is 0 Å².